The molecule has 0 spiro atoms. The van der Waals surface area contributed by atoms with Gasteiger partial charge in [0.15, 0.2) is 0 Å². The molecular formula is C16H19Br2ClN2. The van der Waals surface area contributed by atoms with E-state index in [9.17, 15) is 0 Å². The first-order chi connectivity index (χ1) is 10.0. The Hall–Kier alpha value is -0.320. The van der Waals surface area contributed by atoms with E-state index in [1.807, 2.05) is 13.0 Å². The summed E-state index contributed by atoms with van der Waals surface area (Å²) in [5, 5.41) is 4.56. The van der Waals surface area contributed by atoms with Crippen molar-refractivity contribution in [3.63, 3.8) is 0 Å². The zero-order valence-electron chi connectivity index (χ0n) is 12.2. The number of hydrogen-bond acceptors (Lipinski definition) is 1. The fourth-order valence-electron chi connectivity index (χ4n) is 2.52. The molecule has 2 aromatic rings. The predicted octanol–water partition coefficient (Wildman–Crippen LogP) is 5.38. The van der Waals surface area contributed by atoms with Crippen molar-refractivity contribution in [1.82, 2.24) is 9.78 Å². The van der Waals surface area contributed by atoms with Gasteiger partial charge in [0.2, 0.25) is 0 Å². The molecular weight excluding hydrogens is 415 g/mol. The van der Waals surface area contributed by atoms with Gasteiger partial charge < -0.3 is 0 Å². The third-order valence-electron chi connectivity index (χ3n) is 3.57. The maximum Gasteiger partial charge on any atom is 0.0738 e. The SMILES string of the molecule is CCn1nc(C)c(Br)c1CC(CCl)Cc1cccc(Br)c1. The maximum atomic E-state index is 6.21. The molecule has 0 saturated heterocycles. The van der Waals surface area contributed by atoms with Crippen molar-refractivity contribution in [2.75, 3.05) is 5.88 Å². The minimum Gasteiger partial charge on any atom is -0.268 e. The summed E-state index contributed by atoms with van der Waals surface area (Å²) >= 11 is 13.4. The van der Waals surface area contributed by atoms with Gasteiger partial charge in [-0.1, -0.05) is 28.1 Å². The van der Waals surface area contributed by atoms with Gasteiger partial charge >= 0.3 is 0 Å². The van der Waals surface area contributed by atoms with Gasteiger partial charge in [-0.3, -0.25) is 4.68 Å². The zero-order chi connectivity index (χ0) is 15.4. The van der Waals surface area contributed by atoms with E-state index in [2.05, 4.69) is 66.8 Å². The molecule has 1 atom stereocenters. The van der Waals surface area contributed by atoms with E-state index in [4.69, 9.17) is 11.6 Å². The summed E-state index contributed by atoms with van der Waals surface area (Å²) in [6.45, 7) is 5.03. The van der Waals surface area contributed by atoms with Gasteiger partial charge in [0.1, 0.15) is 0 Å². The number of nitrogens with zero attached hydrogens (tertiary/aromatic N) is 2. The largest absolute Gasteiger partial charge is 0.268 e. The second-order valence-corrected chi connectivity index (χ2v) is 7.24. The predicted molar refractivity (Wildman–Crippen MR) is 96.1 cm³/mol. The van der Waals surface area contributed by atoms with Crippen molar-refractivity contribution in [1.29, 1.82) is 0 Å². The lowest BCUT2D eigenvalue weighted by Gasteiger charge is -2.15. The maximum absolute atomic E-state index is 6.21. The topological polar surface area (TPSA) is 17.8 Å². The van der Waals surface area contributed by atoms with Crippen LogP contribution < -0.4 is 0 Å². The summed E-state index contributed by atoms with van der Waals surface area (Å²) in [5.41, 5.74) is 3.60. The average Bonchev–Trinajstić information content (AvgIpc) is 2.74. The summed E-state index contributed by atoms with van der Waals surface area (Å²) < 4.78 is 4.30. The standard InChI is InChI=1S/C16H19Br2ClN2/c1-3-21-15(16(18)11(2)20-21)9-13(10-19)7-12-5-4-6-14(17)8-12/h4-6,8,13H,3,7,9-10H2,1-2H3. The van der Waals surface area contributed by atoms with Gasteiger partial charge in [-0.05, 0) is 66.2 Å². The van der Waals surface area contributed by atoms with E-state index in [0.717, 1.165) is 34.0 Å². The number of aromatic nitrogens is 2. The number of rotatable bonds is 6. The van der Waals surface area contributed by atoms with Crippen LogP contribution in [0.3, 0.4) is 0 Å². The summed E-state index contributed by atoms with van der Waals surface area (Å²) in [6.07, 6.45) is 1.91. The Bertz CT molecular complexity index is 610. The van der Waals surface area contributed by atoms with Crippen LogP contribution in [0.25, 0.3) is 0 Å². The average molecular weight is 435 g/mol. The minimum absolute atomic E-state index is 0.402. The number of benzene rings is 1. The molecule has 2 rings (SSSR count). The second-order valence-electron chi connectivity index (χ2n) is 5.22. The van der Waals surface area contributed by atoms with E-state index < -0.39 is 0 Å². The molecule has 0 aliphatic rings. The summed E-state index contributed by atoms with van der Waals surface area (Å²) in [6, 6.07) is 8.44. The van der Waals surface area contributed by atoms with Crippen LogP contribution >= 0.6 is 43.5 Å². The Kier molecular flexibility index (Phi) is 6.33. The fourth-order valence-corrected chi connectivity index (χ4v) is 3.63. The van der Waals surface area contributed by atoms with Gasteiger partial charge in [-0.15, -0.1) is 11.6 Å². The first-order valence-corrected chi connectivity index (χ1v) is 9.19. The lowest BCUT2D eigenvalue weighted by molar-refractivity contribution is 0.530. The molecule has 1 unspecified atom stereocenters. The van der Waals surface area contributed by atoms with Crippen LogP contribution in [0.5, 0.6) is 0 Å². The molecule has 0 radical (unpaired) electrons. The molecule has 114 valence electrons. The molecule has 1 aromatic heterocycles. The summed E-state index contributed by atoms with van der Waals surface area (Å²) in [5.74, 6) is 1.05. The van der Waals surface area contributed by atoms with Crippen molar-refractivity contribution in [3.05, 3.63) is 50.2 Å². The molecule has 0 aliphatic heterocycles. The van der Waals surface area contributed by atoms with Crippen LogP contribution in [-0.4, -0.2) is 15.7 Å². The Morgan fingerprint density at radius 1 is 1.29 bits per heavy atom. The molecule has 0 amide bonds. The fraction of sp³-hybridized carbons (Fsp3) is 0.438. The van der Waals surface area contributed by atoms with Crippen molar-refractivity contribution in [2.24, 2.45) is 5.92 Å². The zero-order valence-corrected chi connectivity index (χ0v) is 16.2. The molecule has 0 aliphatic carbocycles. The molecule has 1 aromatic carbocycles. The number of hydrogen-bond donors (Lipinski definition) is 0. The van der Waals surface area contributed by atoms with Gasteiger partial charge in [0.05, 0.1) is 15.9 Å². The highest BCUT2D eigenvalue weighted by atomic mass is 79.9. The number of halogens is 3. The van der Waals surface area contributed by atoms with E-state index in [1.165, 1.54) is 11.3 Å². The third kappa shape index (κ3) is 4.33. The van der Waals surface area contributed by atoms with Crippen LogP contribution in [0, 0.1) is 12.8 Å². The smallest absolute Gasteiger partial charge is 0.0738 e. The molecule has 1 heterocycles. The normalized spacial score (nSPS) is 12.6. The monoisotopic (exact) mass is 432 g/mol. The van der Waals surface area contributed by atoms with Crippen molar-refractivity contribution >= 4 is 43.5 Å². The number of alkyl halides is 1. The Labute approximate surface area is 148 Å². The minimum atomic E-state index is 0.402. The highest BCUT2D eigenvalue weighted by Crippen LogP contribution is 2.26. The molecule has 0 saturated carbocycles. The van der Waals surface area contributed by atoms with E-state index >= 15 is 0 Å². The van der Waals surface area contributed by atoms with Crippen LogP contribution in [0.2, 0.25) is 0 Å². The van der Waals surface area contributed by atoms with Crippen LogP contribution in [-0.2, 0) is 19.4 Å². The summed E-state index contributed by atoms with van der Waals surface area (Å²) in [7, 11) is 0. The second kappa shape index (κ2) is 7.80. The highest BCUT2D eigenvalue weighted by Gasteiger charge is 2.17. The van der Waals surface area contributed by atoms with Gasteiger partial charge in [-0.25, -0.2) is 0 Å². The number of aryl methyl sites for hydroxylation is 2. The van der Waals surface area contributed by atoms with Crippen LogP contribution in [0.1, 0.15) is 23.9 Å². The van der Waals surface area contributed by atoms with Crippen molar-refractivity contribution in [3.8, 4) is 0 Å². The van der Waals surface area contributed by atoms with E-state index in [0.29, 0.717) is 11.8 Å². The Morgan fingerprint density at radius 2 is 2.05 bits per heavy atom. The quantitative estimate of drug-likeness (QED) is 0.559. The van der Waals surface area contributed by atoms with Gasteiger partial charge in [-0.2, -0.15) is 5.10 Å². The molecule has 5 heteroatoms. The molecule has 0 bridgehead atoms. The van der Waals surface area contributed by atoms with Gasteiger partial charge in [0, 0.05) is 16.9 Å². The summed E-state index contributed by atoms with van der Waals surface area (Å²) in [4.78, 5) is 0. The first-order valence-electron chi connectivity index (χ1n) is 7.07. The van der Waals surface area contributed by atoms with Crippen molar-refractivity contribution in [2.45, 2.75) is 33.2 Å². The third-order valence-corrected chi connectivity index (χ3v) is 5.53. The van der Waals surface area contributed by atoms with Crippen molar-refractivity contribution < 1.29 is 0 Å². The molecule has 0 N–H and O–H groups in total. The van der Waals surface area contributed by atoms with Crippen LogP contribution in [0.15, 0.2) is 33.2 Å². The molecule has 2 nitrogen and oxygen atoms in total. The Morgan fingerprint density at radius 3 is 2.67 bits per heavy atom. The lowest BCUT2D eigenvalue weighted by Crippen LogP contribution is -2.14. The molecule has 0 fully saturated rings. The first kappa shape index (κ1) is 17.0. The lowest BCUT2D eigenvalue weighted by atomic mass is 9.96. The van der Waals surface area contributed by atoms with E-state index in [-0.39, 0.29) is 0 Å². The van der Waals surface area contributed by atoms with Gasteiger partial charge in [0.25, 0.3) is 0 Å². The van der Waals surface area contributed by atoms with E-state index in [1.54, 1.807) is 0 Å². The molecule has 21 heavy (non-hydrogen) atoms. The highest BCUT2D eigenvalue weighted by molar-refractivity contribution is 9.10. The Balaban J connectivity index is 2.16. The van der Waals surface area contributed by atoms with Crippen LogP contribution in [0.4, 0.5) is 0 Å².